The van der Waals surface area contributed by atoms with E-state index in [0.29, 0.717) is 0 Å². The van der Waals surface area contributed by atoms with Gasteiger partial charge in [-0.25, -0.2) is 0 Å². The molecule has 6 heteroatoms. The standard InChI is InChI=1S/C5H5N.2ClH.2H2N.Pt/c1-2-4-6-5-3-1;;;;;/h1-5H;2*1H;2*1H2;/q;;;2*-1;+1/p-2. The average molecular weight is 377 g/mol. The van der Waals surface area contributed by atoms with Gasteiger partial charge in [0.2, 0.25) is 0 Å². The zero-order valence-electron chi connectivity index (χ0n) is 5.56. The van der Waals surface area contributed by atoms with Crippen molar-refractivity contribution < 1.29 is 31.2 Å². The third-order valence-electron chi connectivity index (χ3n) is 0.566. The van der Waals surface area contributed by atoms with Gasteiger partial charge in [0.1, 0.15) is 0 Å². The molecule has 0 fully saturated rings. The maximum absolute atomic E-state index is 4.61. The van der Waals surface area contributed by atoms with Crippen molar-refractivity contribution in [2.45, 2.75) is 0 Å². The first-order valence-electron chi connectivity index (χ1n) is 1.97. The SMILES string of the molecule is [Cl-].[Cl][Pt].[NH2-].[NH2-].c1ccncc1. The largest absolute Gasteiger partial charge is 0.693 e. The molecule has 1 aromatic heterocycles. The molecule has 0 unspecified atom stereocenters. The number of nitrogens with two attached hydrogens (primary N) is 2. The summed E-state index contributed by atoms with van der Waals surface area (Å²) >= 11 is 1.61. The minimum absolute atomic E-state index is 0. The van der Waals surface area contributed by atoms with E-state index >= 15 is 0 Å². The molecule has 0 atom stereocenters. The van der Waals surface area contributed by atoms with Crippen LogP contribution in [-0.2, 0) is 18.8 Å². The van der Waals surface area contributed by atoms with Gasteiger partial charge in [-0.2, -0.15) is 0 Å². The van der Waals surface area contributed by atoms with Crippen LogP contribution in [0.4, 0.5) is 0 Å². The van der Waals surface area contributed by atoms with Crippen molar-refractivity contribution in [1.29, 1.82) is 0 Å². The average Bonchev–Trinajstić information content (AvgIpc) is 1.96. The molecule has 1 rings (SSSR count). The first-order chi connectivity index (χ1) is 4.00. The van der Waals surface area contributed by atoms with Crippen LogP contribution in [0.5, 0.6) is 0 Å². The zero-order chi connectivity index (χ0) is 6.24. The van der Waals surface area contributed by atoms with Crippen molar-refractivity contribution in [2.24, 2.45) is 0 Å². The van der Waals surface area contributed by atoms with E-state index in [2.05, 4.69) is 14.4 Å². The summed E-state index contributed by atoms with van der Waals surface area (Å²) in [4.78, 5) is 3.78. The predicted octanol–water partition coefficient (Wildman–Crippen LogP) is 0.207. The van der Waals surface area contributed by atoms with E-state index in [4.69, 9.17) is 0 Å². The molecule has 0 aliphatic heterocycles. The molecule has 0 aliphatic rings. The van der Waals surface area contributed by atoms with Gasteiger partial charge in [0, 0.05) is 12.4 Å². The van der Waals surface area contributed by atoms with E-state index in [9.17, 15) is 0 Å². The number of hydrogen-bond donors (Lipinski definition) is 0. The third-order valence-corrected chi connectivity index (χ3v) is 0.566. The summed E-state index contributed by atoms with van der Waals surface area (Å²) in [5.74, 6) is 0. The van der Waals surface area contributed by atoms with Crippen LogP contribution < -0.4 is 12.4 Å². The molecule has 0 spiro atoms. The minimum Gasteiger partial charge on any atom is -0.693 e. The van der Waals surface area contributed by atoms with Crippen LogP contribution >= 0.6 is 9.42 Å². The van der Waals surface area contributed by atoms with Crippen LogP contribution in [0.25, 0.3) is 12.3 Å². The van der Waals surface area contributed by atoms with Gasteiger partial charge in [0.25, 0.3) is 0 Å². The van der Waals surface area contributed by atoms with E-state index in [1.54, 1.807) is 31.2 Å². The van der Waals surface area contributed by atoms with Gasteiger partial charge in [-0.3, -0.25) is 4.98 Å². The van der Waals surface area contributed by atoms with Crippen molar-refractivity contribution in [3.8, 4) is 0 Å². The number of pyridine rings is 1. The third kappa shape index (κ3) is 17.9. The second-order valence-corrected chi connectivity index (χ2v) is 1.02. The maximum Gasteiger partial charge on any atom is 0.0267 e. The fourth-order valence-corrected chi connectivity index (χ4v) is 0.313. The van der Waals surface area contributed by atoms with Crippen LogP contribution in [-0.4, -0.2) is 4.98 Å². The monoisotopic (exact) mass is 376 g/mol. The van der Waals surface area contributed by atoms with Crippen molar-refractivity contribution in [3.63, 3.8) is 0 Å². The molecule has 4 N–H and O–H groups in total. The molecule has 0 saturated carbocycles. The normalized spacial score (nSPS) is 5.00. The molecule has 11 heavy (non-hydrogen) atoms. The van der Waals surface area contributed by atoms with Gasteiger partial charge >= 0.3 is 28.2 Å². The summed E-state index contributed by atoms with van der Waals surface area (Å²) in [7, 11) is 4.61. The van der Waals surface area contributed by atoms with E-state index in [1.165, 1.54) is 0 Å². The molecule has 0 bridgehead atoms. The quantitative estimate of drug-likeness (QED) is 0.637. The summed E-state index contributed by atoms with van der Waals surface area (Å²) in [6, 6.07) is 5.72. The van der Waals surface area contributed by atoms with E-state index in [1.807, 2.05) is 18.2 Å². The number of halogens is 2. The van der Waals surface area contributed by atoms with E-state index < -0.39 is 0 Å². The Morgan fingerprint density at radius 2 is 1.27 bits per heavy atom. The zero-order valence-corrected chi connectivity index (χ0v) is 9.34. The van der Waals surface area contributed by atoms with E-state index in [-0.39, 0.29) is 24.7 Å². The fourth-order valence-electron chi connectivity index (χ4n) is 0.313. The fraction of sp³-hybridized carbons (Fsp3) is 0. The Morgan fingerprint density at radius 1 is 0.909 bits per heavy atom. The minimum atomic E-state index is 0. The number of aromatic nitrogens is 1. The molecule has 1 heterocycles. The summed E-state index contributed by atoms with van der Waals surface area (Å²) in [6.45, 7) is 0. The predicted molar refractivity (Wildman–Crippen MR) is 40.7 cm³/mol. The molecular formula is C5H9Cl2N3Pt-3. The Labute approximate surface area is 88.3 Å². The van der Waals surface area contributed by atoms with Gasteiger partial charge in [0.15, 0.2) is 0 Å². The van der Waals surface area contributed by atoms with Gasteiger partial charge in [0.05, 0.1) is 0 Å². The molecule has 0 aromatic carbocycles. The van der Waals surface area contributed by atoms with Crippen molar-refractivity contribution >= 4 is 9.42 Å². The molecule has 0 aliphatic carbocycles. The Balaban J connectivity index is -0.0000000459. The van der Waals surface area contributed by atoms with Crippen molar-refractivity contribution in [2.75, 3.05) is 0 Å². The summed E-state index contributed by atoms with van der Waals surface area (Å²) in [6.07, 6.45) is 3.50. The summed E-state index contributed by atoms with van der Waals surface area (Å²) in [5, 5.41) is 0. The molecule has 1 aromatic rings. The topological polar surface area (TPSA) is 79.9 Å². The smallest absolute Gasteiger partial charge is 0.0267 e. The van der Waals surface area contributed by atoms with Gasteiger partial charge in [-0.1, -0.05) is 6.07 Å². The Hall–Kier alpha value is 0.338. The van der Waals surface area contributed by atoms with Gasteiger partial charge in [-0.15, -0.1) is 0 Å². The summed E-state index contributed by atoms with van der Waals surface area (Å²) in [5.41, 5.74) is 0. The van der Waals surface area contributed by atoms with Crippen LogP contribution in [0.1, 0.15) is 0 Å². The Bertz CT molecular complexity index is 91.7. The van der Waals surface area contributed by atoms with Crippen LogP contribution in [0, 0.1) is 0 Å². The molecule has 0 radical (unpaired) electrons. The van der Waals surface area contributed by atoms with Crippen molar-refractivity contribution in [1.82, 2.24) is 4.98 Å². The number of hydrogen-bond acceptors (Lipinski definition) is 1. The van der Waals surface area contributed by atoms with Crippen molar-refractivity contribution in [3.05, 3.63) is 42.9 Å². The summed E-state index contributed by atoms with van der Waals surface area (Å²) < 4.78 is 0. The molecule has 71 valence electrons. The van der Waals surface area contributed by atoms with Crippen LogP contribution in [0.2, 0.25) is 0 Å². The molecule has 0 saturated heterocycles. The van der Waals surface area contributed by atoms with E-state index in [0.717, 1.165) is 0 Å². The van der Waals surface area contributed by atoms with Crippen LogP contribution in [0.15, 0.2) is 30.6 Å². The molecular weight excluding hydrogens is 368 g/mol. The molecule has 0 amide bonds. The first kappa shape index (κ1) is 22.5. The maximum atomic E-state index is 4.61. The second kappa shape index (κ2) is 22.4. The second-order valence-electron chi connectivity index (χ2n) is 1.02. The first-order valence-corrected chi connectivity index (χ1v) is 4.78. The number of nitrogens with zero attached hydrogens (tertiary/aromatic N) is 1. The van der Waals surface area contributed by atoms with Gasteiger partial charge in [-0.05, 0) is 12.1 Å². The van der Waals surface area contributed by atoms with Crippen LogP contribution in [0.3, 0.4) is 0 Å². The Morgan fingerprint density at radius 3 is 1.36 bits per heavy atom. The van der Waals surface area contributed by atoms with Gasteiger partial charge < -0.3 is 24.7 Å². The number of rotatable bonds is 0. The molecule has 3 nitrogen and oxygen atoms in total. The Kier molecular flexibility index (Phi) is 45.9.